The molecule has 0 fully saturated rings. The highest BCUT2D eigenvalue weighted by atomic mass is 16.5. The van der Waals surface area contributed by atoms with Gasteiger partial charge in [0, 0.05) is 6.54 Å². The van der Waals surface area contributed by atoms with Crippen molar-refractivity contribution in [1.82, 2.24) is 5.32 Å². The number of amides is 1. The summed E-state index contributed by atoms with van der Waals surface area (Å²) in [7, 11) is 0. The van der Waals surface area contributed by atoms with E-state index in [0.29, 0.717) is 31.6 Å². The number of nitrogens with zero attached hydrogens (tertiary/aromatic N) is 1. The Balaban J connectivity index is 2.33. The lowest BCUT2D eigenvalue weighted by Crippen LogP contribution is -2.28. The summed E-state index contributed by atoms with van der Waals surface area (Å²) < 4.78 is 5.13. The fraction of sp³-hybridized carbons (Fsp3) is 0.467. The molecule has 1 amide bonds. The van der Waals surface area contributed by atoms with Gasteiger partial charge in [-0.2, -0.15) is 5.26 Å². The van der Waals surface area contributed by atoms with Crippen molar-refractivity contribution in [2.24, 2.45) is 0 Å². The number of benzene rings is 1. The standard InChI is InChI=1S/C15H20N2O3/c1-2-13(18)7-9-17-15(19)11-12-3-5-14(6-4-12)20-10-8-16/h3-6,13,18H,2,7,9-11H2,1H3,(H,17,19). The van der Waals surface area contributed by atoms with E-state index in [9.17, 15) is 9.90 Å². The van der Waals surface area contributed by atoms with Crippen LogP contribution in [0.3, 0.4) is 0 Å². The highest BCUT2D eigenvalue weighted by molar-refractivity contribution is 5.78. The maximum atomic E-state index is 11.7. The second kappa shape index (κ2) is 8.94. The number of nitriles is 1. The molecule has 0 spiro atoms. The molecule has 1 aromatic rings. The van der Waals surface area contributed by atoms with E-state index in [2.05, 4.69) is 5.32 Å². The topological polar surface area (TPSA) is 82.3 Å². The first kappa shape index (κ1) is 16.0. The number of hydrogen-bond acceptors (Lipinski definition) is 4. The fourth-order valence-electron chi connectivity index (χ4n) is 1.65. The lowest BCUT2D eigenvalue weighted by molar-refractivity contribution is -0.120. The second-order valence-corrected chi connectivity index (χ2v) is 4.47. The summed E-state index contributed by atoms with van der Waals surface area (Å²) in [6.07, 6.45) is 1.20. The molecule has 0 radical (unpaired) electrons. The molecule has 0 saturated heterocycles. The van der Waals surface area contributed by atoms with Crippen molar-refractivity contribution in [3.05, 3.63) is 29.8 Å². The van der Waals surface area contributed by atoms with Crippen LogP contribution in [0.4, 0.5) is 0 Å². The van der Waals surface area contributed by atoms with Crippen LogP contribution in [0.1, 0.15) is 25.3 Å². The maximum absolute atomic E-state index is 11.7. The van der Waals surface area contributed by atoms with E-state index in [1.54, 1.807) is 24.3 Å². The molecule has 0 aliphatic rings. The quantitative estimate of drug-likeness (QED) is 0.752. The van der Waals surface area contributed by atoms with Gasteiger partial charge in [0.2, 0.25) is 5.91 Å². The van der Waals surface area contributed by atoms with Crippen LogP contribution in [0, 0.1) is 11.3 Å². The van der Waals surface area contributed by atoms with Crippen LogP contribution in [0.2, 0.25) is 0 Å². The summed E-state index contributed by atoms with van der Waals surface area (Å²) in [5.74, 6) is 0.542. The van der Waals surface area contributed by atoms with Gasteiger partial charge in [0.15, 0.2) is 6.61 Å². The van der Waals surface area contributed by atoms with E-state index in [1.165, 1.54) is 0 Å². The van der Waals surface area contributed by atoms with Crippen LogP contribution >= 0.6 is 0 Å². The van der Waals surface area contributed by atoms with Crippen LogP contribution in [0.25, 0.3) is 0 Å². The average Bonchev–Trinajstić information content (AvgIpc) is 2.46. The van der Waals surface area contributed by atoms with E-state index in [4.69, 9.17) is 10.00 Å². The molecule has 0 bridgehead atoms. The number of aliphatic hydroxyl groups is 1. The number of nitrogens with one attached hydrogen (secondary N) is 1. The van der Waals surface area contributed by atoms with Gasteiger partial charge >= 0.3 is 0 Å². The molecule has 2 N–H and O–H groups in total. The van der Waals surface area contributed by atoms with Crippen LogP contribution < -0.4 is 10.1 Å². The van der Waals surface area contributed by atoms with E-state index >= 15 is 0 Å². The highest BCUT2D eigenvalue weighted by Gasteiger charge is 2.05. The first-order chi connectivity index (χ1) is 9.65. The third-order valence-electron chi connectivity index (χ3n) is 2.86. The number of aliphatic hydroxyl groups excluding tert-OH is 1. The summed E-state index contributed by atoms with van der Waals surface area (Å²) in [4.78, 5) is 11.7. The Bertz CT molecular complexity index is 451. The first-order valence-electron chi connectivity index (χ1n) is 6.69. The van der Waals surface area contributed by atoms with Crippen molar-refractivity contribution in [3.8, 4) is 11.8 Å². The summed E-state index contributed by atoms with van der Waals surface area (Å²) in [5.41, 5.74) is 0.878. The SMILES string of the molecule is CCC(O)CCNC(=O)Cc1ccc(OCC#N)cc1. The Morgan fingerprint density at radius 3 is 2.75 bits per heavy atom. The molecule has 1 unspecified atom stereocenters. The van der Waals surface area contributed by atoms with E-state index < -0.39 is 0 Å². The van der Waals surface area contributed by atoms with Gasteiger partial charge in [-0.3, -0.25) is 4.79 Å². The van der Waals surface area contributed by atoms with Gasteiger partial charge in [-0.05, 0) is 30.5 Å². The van der Waals surface area contributed by atoms with Gasteiger partial charge in [0.05, 0.1) is 12.5 Å². The monoisotopic (exact) mass is 276 g/mol. The molecule has 0 aliphatic carbocycles. The van der Waals surface area contributed by atoms with Gasteiger partial charge in [-0.15, -0.1) is 0 Å². The molecule has 1 atom stereocenters. The van der Waals surface area contributed by atoms with Crippen LogP contribution in [-0.2, 0) is 11.2 Å². The number of rotatable bonds is 8. The van der Waals surface area contributed by atoms with Crippen molar-refractivity contribution >= 4 is 5.91 Å². The van der Waals surface area contributed by atoms with E-state index in [0.717, 1.165) is 5.56 Å². The van der Waals surface area contributed by atoms with Crippen molar-refractivity contribution in [2.75, 3.05) is 13.2 Å². The summed E-state index contributed by atoms with van der Waals surface area (Å²) in [6.45, 7) is 2.40. The summed E-state index contributed by atoms with van der Waals surface area (Å²) in [6, 6.07) is 8.96. The molecule has 0 saturated carbocycles. The molecular weight excluding hydrogens is 256 g/mol. The van der Waals surface area contributed by atoms with Crippen molar-refractivity contribution in [2.45, 2.75) is 32.3 Å². The Hall–Kier alpha value is -2.06. The van der Waals surface area contributed by atoms with Gasteiger partial charge < -0.3 is 15.2 Å². The molecule has 5 nitrogen and oxygen atoms in total. The number of ether oxygens (including phenoxy) is 1. The second-order valence-electron chi connectivity index (χ2n) is 4.47. The van der Waals surface area contributed by atoms with E-state index in [-0.39, 0.29) is 18.6 Å². The minimum Gasteiger partial charge on any atom is -0.479 e. The average molecular weight is 276 g/mol. The predicted molar refractivity (Wildman–Crippen MR) is 75.2 cm³/mol. The van der Waals surface area contributed by atoms with E-state index in [1.807, 2.05) is 13.0 Å². The van der Waals surface area contributed by atoms with Gasteiger partial charge in [0.25, 0.3) is 0 Å². The summed E-state index contributed by atoms with van der Waals surface area (Å²) >= 11 is 0. The molecule has 20 heavy (non-hydrogen) atoms. The lowest BCUT2D eigenvalue weighted by Gasteiger charge is -2.09. The third-order valence-corrected chi connectivity index (χ3v) is 2.86. The molecule has 1 aromatic carbocycles. The zero-order valence-electron chi connectivity index (χ0n) is 11.6. The molecule has 5 heteroatoms. The third kappa shape index (κ3) is 6.21. The molecule has 108 valence electrons. The molecule has 0 aliphatic heterocycles. The van der Waals surface area contributed by atoms with Crippen LogP contribution in [0.15, 0.2) is 24.3 Å². The van der Waals surface area contributed by atoms with Crippen LogP contribution in [0.5, 0.6) is 5.75 Å². The van der Waals surface area contributed by atoms with Gasteiger partial charge in [0.1, 0.15) is 11.8 Å². The zero-order valence-corrected chi connectivity index (χ0v) is 11.6. The van der Waals surface area contributed by atoms with Gasteiger partial charge in [-0.1, -0.05) is 19.1 Å². The lowest BCUT2D eigenvalue weighted by atomic mass is 10.1. The molecule has 1 rings (SSSR count). The molecular formula is C15H20N2O3. The van der Waals surface area contributed by atoms with Crippen molar-refractivity contribution in [3.63, 3.8) is 0 Å². The Labute approximate surface area is 119 Å². The van der Waals surface area contributed by atoms with Crippen LogP contribution in [-0.4, -0.2) is 30.3 Å². The summed E-state index contributed by atoms with van der Waals surface area (Å²) in [5, 5.41) is 20.5. The number of carbonyl (C=O) groups is 1. The zero-order chi connectivity index (χ0) is 14.8. The van der Waals surface area contributed by atoms with Crippen molar-refractivity contribution in [1.29, 1.82) is 5.26 Å². The number of hydrogen-bond donors (Lipinski definition) is 2. The first-order valence-corrected chi connectivity index (χ1v) is 6.69. The smallest absolute Gasteiger partial charge is 0.224 e. The highest BCUT2D eigenvalue weighted by Crippen LogP contribution is 2.12. The predicted octanol–water partition coefficient (Wildman–Crippen LogP) is 1.41. The Morgan fingerprint density at radius 1 is 1.45 bits per heavy atom. The minimum absolute atomic E-state index is 0.0135. The molecule has 0 heterocycles. The van der Waals surface area contributed by atoms with Crippen molar-refractivity contribution < 1.29 is 14.6 Å². The largest absolute Gasteiger partial charge is 0.479 e. The minimum atomic E-state index is -0.355. The van der Waals surface area contributed by atoms with Gasteiger partial charge in [-0.25, -0.2) is 0 Å². The Morgan fingerprint density at radius 2 is 2.15 bits per heavy atom. The fourth-order valence-corrected chi connectivity index (χ4v) is 1.65. The number of carbonyl (C=O) groups excluding carboxylic acids is 1. The normalized spacial score (nSPS) is 11.4. The Kier molecular flexibility index (Phi) is 7.15. The maximum Gasteiger partial charge on any atom is 0.224 e. The molecule has 0 aromatic heterocycles.